The van der Waals surface area contributed by atoms with Crippen LogP contribution in [0.4, 0.5) is 0 Å². The molecule has 0 spiro atoms. The zero-order valence-electron chi connectivity index (χ0n) is 6.18. The van der Waals surface area contributed by atoms with Gasteiger partial charge in [-0.3, -0.25) is 0 Å². The van der Waals surface area contributed by atoms with Gasteiger partial charge in [-0.05, 0) is 13.3 Å². The molecular weight excluding hydrogens is 112 g/mol. The molecule has 0 aromatic carbocycles. The molecule has 2 heteroatoms. The van der Waals surface area contributed by atoms with Gasteiger partial charge in [0.05, 0.1) is 0 Å². The molecule has 2 nitrogen and oxygen atoms in total. The Morgan fingerprint density at radius 2 is 2.11 bits per heavy atom. The quantitative estimate of drug-likeness (QED) is 0.509. The average molecular weight is 124 g/mol. The summed E-state index contributed by atoms with van der Waals surface area (Å²) in [5, 5.41) is 7.99. The van der Waals surface area contributed by atoms with Crippen molar-refractivity contribution in [3.05, 3.63) is 0 Å². The van der Waals surface area contributed by atoms with Crippen LogP contribution in [-0.2, 0) is 0 Å². The molecule has 50 valence electrons. The van der Waals surface area contributed by atoms with Gasteiger partial charge in [0, 0.05) is 17.3 Å². The van der Waals surface area contributed by atoms with E-state index in [2.05, 4.69) is 24.1 Å². The van der Waals surface area contributed by atoms with Crippen LogP contribution in [-0.4, -0.2) is 11.4 Å². The normalized spacial score (nSPS) is 25.9. The molecule has 1 rings (SSSR count). The highest BCUT2D eigenvalue weighted by Gasteiger charge is 2.16. The molecule has 0 aromatic heterocycles. The van der Waals surface area contributed by atoms with Crippen LogP contribution in [0, 0.1) is 5.92 Å². The Morgan fingerprint density at radius 1 is 1.44 bits per heavy atom. The van der Waals surface area contributed by atoms with Crippen LogP contribution in [0.3, 0.4) is 0 Å². The highest BCUT2D eigenvalue weighted by atomic mass is 15.2. The SMILES string of the molecule is CCC1=NN=C(C)C1C. The van der Waals surface area contributed by atoms with Crippen molar-refractivity contribution in [1.29, 1.82) is 0 Å². The Balaban J connectivity index is 2.67. The maximum atomic E-state index is 4.02. The van der Waals surface area contributed by atoms with Gasteiger partial charge in [0.15, 0.2) is 0 Å². The lowest BCUT2D eigenvalue weighted by Crippen LogP contribution is -2.12. The molecule has 1 heterocycles. The molecule has 9 heavy (non-hydrogen) atoms. The van der Waals surface area contributed by atoms with E-state index in [0.717, 1.165) is 12.1 Å². The van der Waals surface area contributed by atoms with Gasteiger partial charge in [-0.15, -0.1) is 0 Å². The van der Waals surface area contributed by atoms with E-state index in [4.69, 9.17) is 0 Å². The van der Waals surface area contributed by atoms with Gasteiger partial charge < -0.3 is 0 Å². The lowest BCUT2D eigenvalue weighted by atomic mass is 10.0. The lowest BCUT2D eigenvalue weighted by molar-refractivity contribution is 1.03. The third-order valence-corrected chi connectivity index (χ3v) is 1.82. The summed E-state index contributed by atoms with van der Waals surface area (Å²) in [6.45, 7) is 6.29. The molecule has 0 saturated carbocycles. The highest BCUT2D eigenvalue weighted by molar-refractivity contribution is 6.08. The van der Waals surface area contributed by atoms with Gasteiger partial charge in [0.25, 0.3) is 0 Å². The topological polar surface area (TPSA) is 24.7 Å². The molecule has 0 radical (unpaired) electrons. The molecular formula is C7H12N2. The Hall–Kier alpha value is -0.660. The first-order chi connectivity index (χ1) is 4.25. The Morgan fingerprint density at radius 3 is 2.33 bits per heavy atom. The summed E-state index contributed by atoms with van der Waals surface area (Å²) in [7, 11) is 0. The van der Waals surface area contributed by atoms with Gasteiger partial charge >= 0.3 is 0 Å². The standard InChI is InChI=1S/C7H12N2/c1-4-7-5(2)6(3)8-9-7/h5H,4H2,1-3H3. The van der Waals surface area contributed by atoms with E-state index >= 15 is 0 Å². The largest absolute Gasteiger partial charge is 0.160 e. The van der Waals surface area contributed by atoms with Gasteiger partial charge in [-0.1, -0.05) is 13.8 Å². The molecule has 0 saturated heterocycles. The smallest absolute Gasteiger partial charge is 0.0487 e. The van der Waals surface area contributed by atoms with Gasteiger partial charge in [-0.25, -0.2) is 0 Å². The summed E-state index contributed by atoms with van der Waals surface area (Å²) < 4.78 is 0. The number of hydrogen-bond donors (Lipinski definition) is 0. The second-order valence-electron chi connectivity index (χ2n) is 2.41. The third-order valence-electron chi connectivity index (χ3n) is 1.82. The lowest BCUT2D eigenvalue weighted by Gasteiger charge is -2.02. The van der Waals surface area contributed by atoms with Gasteiger partial charge in [0.2, 0.25) is 0 Å². The first kappa shape index (κ1) is 6.46. The summed E-state index contributed by atoms with van der Waals surface area (Å²) in [6, 6.07) is 0. The second-order valence-corrected chi connectivity index (χ2v) is 2.41. The molecule has 0 fully saturated rings. The van der Waals surface area contributed by atoms with Gasteiger partial charge in [-0.2, -0.15) is 10.2 Å². The van der Waals surface area contributed by atoms with Crippen molar-refractivity contribution in [1.82, 2.24) is 0 Å². The van der Waals surface area contributed by atoms with Gasteiger partial charge in [0.1, 0.15) is 0 Å². The maximum Gasteiger partial charge on any atom is 0.0487 e. The Labute approximate surface area is 55.7 Å². The fourth-order valence-corrected chi connectivity index (χ4v) is 0.934. The zero-order valence-corrected chi connectivity index (χ0v) is 6.18. The Bertz CT molecular complexity index is 168. The van der Waals surface area contributed by atoms with Crippen LogP contribution >= 0.6 is 0 Å². The zero-order chi connectivity index (χ0) is 6.85. The number of nitrogens with zero attached hydrogens (tertiary/aromatic N) is 2. The van der Waals surface area contributed by atoms with Crippen LogP contribution in [0.2, 0.25) is 0 Å². The number of hydrogen-bond acceptors (Lipinski definition) is 2. The van der Waals surface area contributed by atoms with Crippen molar-refractivity contribution in [2.24, 2.45) is 16.1 Å². The van der Waals surface area contributed by atoms with Crippen LogP contribution in [0.15, 0.2) is 10.2 Å². The minimum absolute atomic E-state index is 0.495. The van der Waals surface area contributed by atoms with Crippen molar-refractivity contribution >= 4 is 11.4 Å². The van der Waals surface area contributed by atoms with E-state index in [1.165, 1.54) is 5.71 Å². The fourth-order valence-electron chi connectivity index (χ4n) is 0.934. The van der Waals surface area contributed by atoms with Crippen molar-refractivity contribution in [2.75, 3.05) is 0 Å². The number of rotatable bonds is 1. The van der Waals surface area contributed by atoms with Crippen molar-refractivity contribution < 1.29 is 0 Å². The maximum absolute atomic E-state index is 4.02. The van der Waals surface area contributed by atoms with E-state index in [0.29, 0.717) is 5.92 Å². The fraction of sp³-hybridized carbons (Fsp3) is 0.714. The minimum Gasteiger partial charge on any atom is -0.160 e. The van der Waals surface area contributed by atoms with Crippen molar-refractivity contribution in [3.8, 4) is 0 Å². The summed E-state index contributed by atoms with van der Waals surface area (Å²) in [4.78, 5) is 0. The van der Waals surface area contributed by atoms with Crippen LogP contribution in [0.5, 0.6) is 0 Å². The first-order valence-electron chi connectivity index (χ1n) is 3.36. The van der Waals surface area contributed by atoms with E-state index < -0.39 is 0 Å². The summed E-state index contributed by atoms with van der Waals surface area (Å²) >= 11 is 0. The third kappa shape index (κ3) is 1.02. The molecule has 0 amide bonds. The minimum atomic E-state index is 0.495. The monoisotopic (exact) mass is 124 g/mol. The molecule has 0 aromatic rings. The summed E-state index contributed by atoms with van der Waals surface area (Å²) in [6.07, 6.45) is 1.03. The summed E-state index contributed by atoms with van der Waals surface area (Å²) in [5.41, 5.74) is 2.36. The second kappa shape index (κ2) is 2.29. The molecule has 0 aliphatic carbocycles. The van der Waals surface area contributed by atoms with E-state index in [1.54, 1.807) is 0 Å². The van der Waals surface area contributed by atoms with Crippen LogP contribution < -0.4 is 0 Å². The molecule has 0 N–H and O–H groups in total. The first-order valence-corrected chi connectivity index (χ1v) is 3.36. The predicted octanol–water partition coefficient (Wildman–Crippen LogP) is 1.86. The van der Waals surface area contributed by atoms with E-state index in [-0.39, 0.29) is 0 Å². The molecule has 1 aliphatic rings. The molecule has 1 unspecified atom stereocenters. The highest BCUT2D eigenvalue weighted by Crippen LogP contribution is 2.12. The predicted molar refractivity (Wildman–Crippen MR) is 40.0 cm³/mol. The molecule has 1 atom stereocenters. The average Bonchev–Trinajstić information content (AvgIpc) is 2.15. The van der Waals surface area contributed by atoms with E-state index in [9.17, 15) is 0 Å². The Kier molecular flexibility index (Phi) is 1.65. The van der Waals surface area contributed by atoms with Crippen molar-refractivity contribution in [2.45, 2.75) is 27.2 Å². The van der Waals surface area contributed by atoms with Crippen LogP contribution in [0.1, 0.15) is 27.2 Å². The molecule has 0 bridgehead atoms. The van der Waals surface area contributed by atoms with Crippen molar-refractivity contribution in [3.63, 3.8) is 0 Å². The summed E-state index contributed by atoms with van der Waals surface area (Å²) in [5.74, 6) is 0.495. The van der Waals surface area contributed by atoms with Crippen LogP contribution in [0.25, 0.3) is 0 Å². The van der Waals surface area contributed by atoms with E-state index in [1.807, 2.05) is 6.92 Å². The molecule has 1 aliphatic heterocycles.